The Bertz CT molecular complexity index is 893. The molecule has 0 aliphatic carbocycles. The molecule has 2 rings (SSSR count). The number of nitrogens with zero attached hydrogens (tertiary/aromatic N) is 1. The molecule has 1 radical (unpaired) electrons. The molecule has 0 unspecified atom stereocenters. The van der Waals surface area contributed by atoms with Crippen LogP contribution in [0.4, 0.5) is 0 Å². The van der Waals surface area contributed by atoms with E-state index in [0.717, 1.165) is 0 Å². The smallest absolute Gasteiger partial charge is 0.330 e. The lowest BCUT2D eigenvalue weighted by molar-refractivity contribution is -0.0200. The quantitative estimate of drug-likeness (QED) is 0.610. The largest absolute Gasteiger partial charge is 0.411 e. The van der Waals surface area contributed by atoms with Gasteiger partial charge >= 0.3 is 5.69 Å². The Balaban J connectivity index is 2.32. The standard InChI is InChI=1S/C22H41N2O5Si2/c1-15-13-24(20(26)23-19(15)25)18-12-16(29-31(10,11)22(5,6)7)17(28-18)14-27-30(8,9)21(2,3)4/h13-14,16-18H,12H2,1-11H3,(H,23,25,26)/t16-,17+,18+/m0/s1. The van der Waals surface area contributed by atoms with Crippen LogP contribution in [0.15, 0.2) is 15.8 Å². The minimum absolute atomic E-state index is 0.0430. The second kappa shape index (κ2) is 8.74. The van der Waals surface area contributed by atoms with E-state index in [4.69, 9.17) is 13.6 Å². The number of rotatable bonds is 6. The van der Waals surface area contributed by atoms with Gasteiger partial charge in [0.25, 0.3) is 5.56 Å². The van der Waals surface area contributed by atoms with Crippen LogP contribution in [-0.4, -0.2) is 38.4 Å². The molecule has 1 saturated heterocycles. The van der Waals surface area contributed by atoms with Gasteiger partial charge in [0.15, 0.2) is 16.6 Å². The van der Waals surface area contributed by atoms with Crippen molar-refractivity contribution in [3.8, 4) is 0 Å². The lowest BCUT2D eigenvalue weighted by atomic mass is 10.2. The van der Waals surface area contributed by atoms with Gasteiger partial charge in [-0.05, 0) is 43.2 Å². The fourth-order valence-corrected chi connectivity index (χ4v) is 5.01. The van der Waals surface area contributed by atoms with Crippen molar-refractivity contribution < 1.29 is 13.6 Å². The number of hydrogen-bond donors (Lipinski definition) is 1. The molecule has 7 nitrogen and oxygen atoms in total. The van der Waals surface area contributed by atoms with Crippen molar-refractivity contribution in [1.82, 2.24) is 9.55 Å². The van der Waals surface area contributed by atoms with Crippen molar-refractivity contribution in [2.24, 2.45) is 0 Å². The Kier molecular flexibility index (Phi) is 7.40. The molecule has 2 heterocycles. The highest BCUT2D eigenvalue weighted by atomic mass is 28.4. The number of H-pyrrole nitrogens is 1. The Morgan fingerprint density at radius 1 is 1.06 bits per heavy atom. The van der Waals surface area contributed by atoms with E-state index in [0.29, 0.717) is 12.0 Å². The molecule has 1 aliphatic heterocycles. The van der Waals surface area contributed by atoms with E-state index in [-0.39, 0.29) is 21.7 Å². The zero-order valence-corrected chi connectivity index (χ0v) is 23.1. The van der Waals surface area contributed by atoms with Crippen molar-refractivity contribution >= 4 is 16.6 Å². The van der Waals surface area contributed by atoms with E-state index in [9.17, 15) is 9.59 Å². The Hall–Kier alpha value is -1.01. The number of aromatic nitrogens is 2. The third-order valence-electron chi connectivity index (χ3n) is 7.13. The third-order valence-corrected chi connectivity index (χ3v) is 16.0. The SMILES string of the molecule is Cc1cn([C@H]2C[C@H](O[Si](C)(C)C(C)(C)C)[C@@H]([CH]O[Si](C)(C)C(C)(C)C)O2)c(=O)[nH]c1=O. The summed E-state index contributed by atoms with van der Waals surface area (Å²) in [6, 6.07) is 0. The van der Waals surface area contributed by atoms with E-state index < -0.39 is 34.7 Å². The average molecular weight is 470 g/mol. The average Bonchev–Trinajstić information content (AvgIpc) is 2.96. The van der Waals surface area contributed by atoms with E-state index in [1.54, 1.807) is 19.7 Å². The van der Waals surface area contributed by atoms with Crippen LogP contribution in [0.2, 0.25) is 36.3 Å². The third kappa shape index (κ3) is 5.87. The normalized spacial score (nSPS) is 23.4. The minimum Gasteiger partial charge on any atom is -0.411 e. The molecule has 0 bridgehead atoms. The van der Waals surface area contributed by atoms with E-state index in [1.807, 2.05) is 0 Å². The van der Waals surface area contributed by atoms with Crippen molar-refractivity contribution in [2.75, 3.05) is 0 Å². The topological polar surface area (TPSA) is 82.6 Å². The molecule has 0 spiro atoms. The van der Waals surface area contributed by atoms with E-state index >= 15 is 0 Å². The number of ether oxygens (including phenoxy) is 1. The van der Waals surface area contributed by atoms with Crippen LogP contribution in [0, 0.1) is 13.5 Å². The summed E-state index contributed by atoms with van der Waals surface area (Å²) in [5.74, 6) is 0. The highest BCUT2D eigenvalue weighted by Crippen LogP contribution is 2.43. The van der Waals surface area contributed by atoms with Gasteiger partial charge in [-0.2, -0.15) is 0 Å². The monoisotopic (exact) mass is 469 g/mol. The van der Waals surface area contributed by atoms with Crippen LogP contribution in [0.3, 0.4) is 0 Å². The highest BCUT2D eigenvalue weighted by Gasteiger charge is 2.47. The molecule has 1 N–H and O–H groups in total. The maximum atomic E-state index is 12.4. The lowest BCUT2D eigenvalue weighted by Crippen LogP contribution is -2.47. The summed E-state index contributed by atoms with van der Waals surface area (Å²) in [6.45, 7) is 25.5. The van der Waals surface area contributed by atoms with Crippen molar-refractivity contribution in [3.05, 3.63) is 39.2 Å². The van der Waals surface area contributed by atoms with Gasteiger partial charge in [-0.25, -0.2) is 4.79 Å². The van der Waals surface area contributed by atoms with Crippen molar-refractivity contribution in [2.45, 2.75) is 110 Å². The molecular formula is C22H41N2O5Si2. The van der Waals surface area contributed by atoms with Crippen LogP contribution >= 0.6 is 0 Å². The number of nitrogens with one attached hydrogen (secondary N) is 1. The van der Waals surface area contributed by atoms with Gasteiger partial charge in [-0.3, -0.25) is 14.3 Å². The first kappa shape index (κ1) is 26.2. The lowest BCUT2D eigenvalue weighted by Gasteiger charge is -2.40. The zero-order chi connectivity index (χ0) is 24.0. The molecule has 0 aromatic carbocycles. The molecular weight excluding hydrogens is 428 g/mol. The van der Waals surface area contributed by atoms with Gasteiger partial charge in [0.2, 0.25) is 0 Å². The van der Waals surface area contributed by atoms with Crippen LogP contribution in [0.5, 0.6) is 0 Å². The molecule has 1 aliphatic rings. The summed E-state index contributed by atoms with van der Waals surface area (Å²) < 4.78 is 20.8. The van der Waals surface area contributed by atoms with Gasteiger partial charge < -0.3 is 13.6 Å². The minimum atomic E-state index is -2.08. The van der Waals surface area contributed by atoms with Crippen molar-refractivity contribution in [3.63, 3.8) is 0 Å². The second-order valence-electron chi connectivity index (χ2n) is 11.7. The predicted molar refractivity (Wildman–Crippen MR) is 129 cm³/mol. The summed E-state index contributed by atoms with van der Waals surface area (Å²) in [7, 11) is -4.10. The van der Waals surface area contributed by atoms with Crippen LogP contribution in [-0.2, 0) is 13.6 Å². The number of hydrogen-bond acceptors (Lipinski definition) is 5. The van der Waals surface area contributed by atoms with Crippen LogP contribution in [0.1, 0.15) is 59.8 Å². The molecule has 0 amide bonds. The fourth-order valence-electron chi connectivity index (χ4n) is 2.84. The molecule has 3 atom stereocenters. The Morgan fingerprint density at radius 3 is 2.13 bits per heavy atom. The van der Waals surface area contributed by atoms with E-state index in [2.05, 4.69) is 72.7 Å². The first-order chi connectivity index (χ1) is 13.9. The molecule has 31 heavy (non-hydrogen) atoms. The molecule has 9 heteroatoms. The second-order valence-corrected chi connectivity index (χ2v) is 21.2. The highest BCUT2D eigenvalue weighted by molar-refractivity contribution is 6.74. The summed E-state index contributed by atoms with van der Waals surface area (Å²) in [4.78, 5) is 26.6. The van der Waals surface area contributed by atoms with Gasteiger partial charge in [-0.15, -0.1) is 0 Å². The molecule has 1 aromatic heterocycles. The fraction of sp³-hybridized carbons (Fsp3) is 0.773. The zero-order valence-electron chi connectivity index (χ0n) is 21.1. The van der Waals surface area contributed by atoms with Gasteiger partial charge in [0.1, 0.15) is 18.9 Å². The van der Waals surface area contributed by atoms with Gasteiger partial charge in [0.05, 0.1) is 6.10 Å². The Labute approximate surface area is 188 Å². The summed E-state index contributed by atoms with van der Waals surface area (Å²) in [5, 5.41) is 0.103. The molecule has 1 aromatic rings. The maximum absolute atomic E-state index is 12.4. The van der Waals surface area contributed by atoms with Crippen LogP contribution < -0.4 is 11.2 Å². The number of aryl methyl sites for hydroxylation is 1. The van der Waals surface area contributed by atoms with Crippen LogP contribution in [0.25, 0.3) is 0 Å². The predicted octanol–water partition coefficient (Wildman–Crippen LogP) is 4.71. The number of aromatic amines is 1. The van der Waals surface area contributed by atoms with Crippen molar-refractivity contribution in [1.29, 1.82) is 0 Å². The van der Waals surface area contributed by atoms with Gasteiger partial charge in [0, 0.05) is 18.2 Å². The maximum Gasteiger partial charge on any atom is 0.330 e. The summed E-state index contributed by atoms with van der Waals surface area (Å²) in [5.41, 5.74) is -0.384. The molecule has 0 saturated carbocycles. The van der Waals surface area contributed by atoms with Gasteiger partial charge in [-0.1, -0.05) is 41.5 Å². The first-order valence-corrected chi connectivity index (χ1v) is 16.8. The summed E-state index contributed by atoms with van der Waals surface area (Å²) >= 11 is 0. The summed E-state index contributed by atoms with van der Waals surface area (Å²) in [6.07, 6.45) is 0.927. The Morgan fingerprint density at radius 2 is 1.61 bits per heavy atom. The molecule has 1 fully saturated rings. The van der Waals surface area contributed by atoms with E-state index in [1.165, 1.54) is 4.57 Å². The first-order valence-electron chi connectivity index (χ1n) is 11.0. The molecule has 177 valence electrons.